The molecule has 0 radical (unpaired) electrons. The molecule has 136 valence electrons. The van der Waals surface area contributed by atoms with E-state index < -0.39 is 0 Å². The Morgan fingerprint density at radius 1 is 1.19 bits per heavy atom. The topological polar surface area (TPSA) is 69.3 Å². The number of carbonyl (C=O) groups is 1. The minimum absolute atomic E-state index is 0.0927. The summed E-state index contributed by atoms with van der Waals surface area (Å²) >= 11 is 7.56. The number of ketones is 1. The van der Waals surface area contributed by atoms with Crippen LogP contribution < -0.4 is 5.56 Å². The molecular formula is C19H15ClN4O2S. The molecule has 6 nitrogen and oxygen atoms in total. The zero-order valence-corrected chi connectivity index (χ0v) is 16.1. The van der Waals surface area contributed by atoms with Crippen molar-refractivity contribution in [2.24, 2.45) is 0 Å². The van der Waals surface area contributed by atoms with E-state index in [1.54, 1.807) is 35.6 Å². The smallest absolute Gasteiger partial charge is 0.269 e. The van der Waals surface area contributed by atoms with Gasteiger partial charge in [0.05, 0.1) is 11.1 Å². The van der Waals surface area contributed by atoms with Crippen molar-refractivity contribution in [3.8, 4) is 5.69 Å². The number of aromatic nitrogens is 4. The fourth-order valence-electron chi connectivity index (χ4n) is 3.69. The highest BCUT2D eigenvalue weighted by molar-refractivity contribution is 7.18. The van der Waals surface area contributed by atoms with E-state index in [9.17, 15) is 9.59 Å². The summed E-state index contributed by atoms with van der Waals surface area (Å²) in [5.74, 6) is 0.161. The molecule has 3 aromatic heterocycles. The highest BCUT2D eigenvalue weighted by Crippen LogP contribution is 2.34. The van der Waals surface area contributed by atoms with E-state index in [1.165, 1.54) is 20.9 Å². The highest BCUT2D eigenvalue weighted by Gasteiger charge is 2.25. The number of benzene rings is 1. The number of hydrogen-bond donors (Lipinski definition) is 0. The average Bonchev–Trinajstić information content (AvgIpc) is 3.21. The van der Waals surface area contributed by atoms with Gasteiger partial charge in [-0.2, -0.15) is 4.68 Å². The molecule has 0 aliphatic heterocycles. The van der Waals surface area contributed by atoms with E-state index in [2.05, 4.69) is 5.10 Å². The Morgan fingerprint density at radius 2 is 1.93 bits per heavy atom. The van der Waals surface area contributed by atoms with E-state index in [1.807, 2.05) is 0 Å². The SMILES string of the molecule is CC(=O)c1nn(-c2ccc(Cl)cc2)c2nc3sc4c(c3c(=O)n12)CCCC4. The molecule has 1 aromatic carbocycles. The Hall–Kier alpha value is -2.51. The van der Waals surface area contributed by atoms with E-state index in [0.717, 1.165) is 36.1 Å². The number of thiophene rings is 1. The third kappa shape index (κ3) is 2.45. The van der Waals surface area contributed by atoms with Gasteiger partial charge in [-0.15, -0.1) is 16.4 Å². The molecule has 0 atom stereocenters. The van der Waals surface area contributed by atoms with Crippen LogP contribution in [0.3, 0.4) is 0 Å². The molecular weight excluding hydrogens is 384 g/mol. The van der Waals surface area contributed by atoms with Gasteiger partial charge in [0, 0.05) is 16.8 Å². The summed E-state index contributed by atoms with van der Waals surface area (Å²) in [6.07, 6.45) is 4.08. The first-order valence-electron chi connectivity index (χ1n) is 8.77. The van der Waals surface area contributed by atoms with E-state index in [4.69, 9.17) is 16.6 Å². The van der Waals surface area contributed by atoms with Gasteiger partial charge < -0.3 is 0 Å². The van der Waals surface area contributed by atoms with Gasteiger partial charge in [0.15, 0.2) is 5.78 Å². The van der Waals surface area contributed by atoms with Crippen LogP contribution in [0.5, 0.6) is 0 Å². The standard InChI is InChI=1S/C19H15ClN4O2S/c1-10(25)16-22-24(12-8-6-11(20)7-9-12)19-21-17-15(18(26)23(16)19)13-4-2-3-5-14(13)27-17/h6-9H,2-5H2,1H3. The van der Waals surface area contributed by atoms with Crippen molar-refractivity contribution in [3.05, 3.63) is 55.9 Å². The van der Waals surface area contributed by atoms with E-state index >= 15 is 0 Å². The third-order valence-electron chi connectivity index (χ3n) is 4.95. The van der Waals surface area contributed by atoms with Crippen molar-refractivity contribution in [1.82, 2.24) is 19.2 Å². The number of fused-ring (bicyclic) bond motifs is 4. The normalized spacial score (nSPS) is 14.0. The van der Waals surface area contributed by atoms with Crippen LogP contribution in [0.1, 0.15) is 40.8 Å². The summed E-state index contributed by atoms with van der Waals surface area (Å²) in [7, 11) is 0. The molecule has 3 heterocycles. The van der Waals surface area contributed by atoms with Crippen LogP contribution >= 0.6 is 22.9 Å². The molecule has 0 saturated heterocycles. The quantitative estimate of drug-likeness (QED) is 0.481. The van der Waals surface area contributed by atoms with Crippen LogP contribution in [0, 0.1) is 0 Å². The lowest BCUT2D eigenvalue weighted by molar-refractivity contribution is 0.100. The molecule has 27 heavy (non-hydrogen) atoms. The largest absolute Gasteiger partial charge is 0.291 e. The summed E-state index contributed by atoms with van der Waals surface area (Å²) in [6, 6.07) is 7.05. The van der Waals surface area contributed by atoms with Gasteiger partial charge in [-0.1, -0.05) is 11.6 Å². The van der Waals surface area contributed by atoms with E-state index in [0.29, 0.717) is 21.9 Å². The van der Waals surface area contributed by atoms with Crippen LogP contribution in [0.25, 0.3) is 21.7 Å². The molecule has 0 bridgehead atoms. The maximum Gasteiger partial charge on any atom is 0.269 e. The Kier molecular flexibility index (Phi) is 3.70. The van der Waals surface area contributed by atoms with Crippen molar-refractivity contribution < 1.29 is 4.79 Å². The summed E-state index contributed by atoms with van der Waals surface area (Å²) in [4.78, 5) is 32.2. The van der Waals surface area contributed by atoms with Crippen LogP contribution in [0.15, 0.2) is 29.1 Å². The predicted octanol–water partition coefficient (Wildman–Crippen LogP) is 3.83. The molecule has 0 N–H and O–H groups in total. The van der Waals surface area contributed by atoms with Crippen molar-refractivity contribution in [3.63, 3.8) is 0 Å². The second-order valence-electron chi connectivity index (χ2n) is 6.71. The lowest BCUT2D eigenvalue weighted by atomic mass is 9.97. The Morgan fingerprint density at radius 3 is 2.67 bits per heavy atom. The van der Waals surface area contributed by atoms with Gasteiger partial charge in [0.1, 0.15) is 4.83 Å². The molecule has 0 amide bonds. The Balaban J connectivity index is 1.90. The second-order valence-corrected chi connectivity index (χ2v) is 8.23. The van der Waals surface area contributed by atoms with Crippen LogP contribution in [-0.4, -0.2) is 24.9 Å². The number of halogens is 1. The van der Waals surface area contributed by atoms with Gasteiger partial charge in [-0.25, -0.2) is 9.38 Å². The van der Waals surface area contributed by atoms with Crippen LogP contribution in [0.2, 0.25) is 5.02 Å². The minimum atomic E-state index is -0.278. The van der Waals surface area contributed by atoms with Crippen molar-refractivity contribution in [1.29, 1.82) is 0 Å². The number of Topliss-reactive ketones (excluding diaryl/α,β-unsaturated/α-hetero) is 1. The molecule has 4 aromatic rings. The molecule has 8 heteroatoms. The molecule has 0 spiro atoms. The number of aryl methyl sites for hydroxylation is 2. The zero-order chi connectivity index (χ0) is 18.7. The number of hydrogen-bond acceptors (Lipinski definition) is 5. The summed E-state index contributed by atoms with van der Waals surface area (Å²) in [5, 5.41) is 5.63. The van der Waals surface area contributed by atoms with Crippen molar-refractivity contribution >= 4 is 44.7 Å². The first kappa shape index (κ1) is 16.6. The fraction of sp³-hybridized carbons (Fsp3) is 0.263. The number of rotatable bonds is 2. The predicted molar refractivity (Wildman–Crippen MR) is 106 cm³/mol. The first-order chi connectivity index (χ1) is 13.0. The molecule has 0 unspecified atom stereocenters. The van der Waals surface area contributed by atoms with Crippen molar-refractivity contribution in [2.45, 2.75) is 32.6 Å². The average molecular weight is 399 g/mol. The summed E-state index contributed by atoms with van der Waals surface area (Å²) < 4.78 is 2.88. The third-order valence-corrected chi connectivity index (χ3v) is 6.39. The van der Waals surface area contributed by atoms with Gasteiger partial charge >= 0.3 is 0 Å². The van der Waals surface area contributed by atoms with Gasteiger partial charge in [0.2, 0.25) is 11.6 Å². The van der Waals surface area contributed by atoms with Crippen molar-refractivity contribution in [2.75, 3.05) is 0 Å². The number of carbonyl (C=O) groups excluding carboxylic acids is 1. The van der Waals surface area contributed by atoms with E-state index in [-0.39, 0.29) is 17.2 Å². The van der Waals surface area contributed by atoms with Gasteiger partial charge in [-0.05, 0) is 55.5 Å². The molecule has 1 aliphatic rings. The monoisotopic (exact) mass is 398 g/mol. The lowest BCUT2D eigenvalue weighted by Gasteiger charge is -2.09. The fourth-order valence-corrected chi connectivity index (χ4v) is 5.07. The maximum absolute atomic E-state index is 13.3. The molecule has 0 saturated carbocycles. The summed E-state index contributed by atoms with van der Waals surface area (Å²) in [6.45, 7) is 1.41. The zero-order valence-electron chi connectivity index (χ0n) is 14.5. The van der Waals surface area contributed by atoms with Crippen LogP contribution in [0.4, 0.5) is 0 Å². The lowest BCUT2D eigenvalue weighted by Crippen LogP contribution is -2.19. The number of nitrogens with zero attached hydrogens (tertiary/aromatic N) is 4. The summed E-state index contributed by atoms with van der Waals surface area (Å²) in [5.41, 5.74) is 1.58. The molecule has 5 rings (SSSR count). The first-order valence-corrected chi connectivity index (χ1v) is 9.97. The molecule has 0 fully saturated rings. The highest BCUT2D eigenvalue weighted by atomic mass is 35.5. The van der Waals surface area contributed by atoms with Gasteiger partial charge in [0.25, 0.3) is 5.56 Å². The van der Waals surface area contributed by atoms with Gasteiger partial charge in [-0.3, -0.25) is 9.59 Å². The maximum atomic E-state index is 13.3. The second kappa shape index (κ2) is 6.00. The van der Waals surface area contributed by atoms with Crippen LogP contribution in [-0.2, 0) is 12.8 Å². The Bertz CT molecular complexity index is 1280. The minimum Gasteiger partial charge on any atom is -0.291 e. The molecule has 1 aliphatic carbocycles. The Labute approximate surface area is 163 Å².